The van der Waals surface area contributed by atoms with E-state index in [9.17, 15) is 0 Å². The first-order valence-corrected chi connectivity index (χ1v) is 5.12. The molecule has 1 aliphatic rings. The van der Waals surface area contributed by atoms with E-state index in [2.05, 4.69) is 22.9 Å². The molecule has 0 amide bonds. The van der Waals surface area contributed by atoms with Gasteiger partial charge in [-0.3, -0.25) is 0 Å². The smallest absolute Gasteiger partial charge is 0.0378 e. The average Bonchev–Trinajstić information content (AvgIpc) is 2.10. The summed E-state index contributed by atoms with van der Waals surface area (Å²) in [5, 5.41) is 10.1. The number of halogens is 1. The first-order valence-electron chi connectivity index (χ1n) is 5.12. The number of hydrogen-bond donors (Lipinski definition) is 4. The number of hydrogen-bond acceptors (Lipinski definition) is 4. The van der Waals surface area contributed by atoms with Crippen molar-refractivity contribution < 1.29 is 0 Å². The molecule has 0 saturated carbocycles. The first-order chi connectivity index (χ1) is 6.21. The molecule has 1 rings (SSSR count). The Morgan fingerprint density at radius 3 is 2.14 bits per heavy atom. The van der Waals surface area contributed by atoms with Crippen molar-refractivity contribution in [3.63, 3.8) is 0 Å². The fourth-order valence-electron chi connectivity index (χ4n) is 1.45. The molecule has 1 aliphatic heterocycles. The predicted molar refractivity (Wildman–Crippen MR) is 63.1 cm³/mol. The van der Waals surface area contributed by atoms with E-state index in [-0.39, 0.29) is 17.9 Å². The van der Waals surface area contributed by atoms with E-state index in [1.54, 1.807) is 0 Å². The lowest BCUT2D eigenvalue weighted by Crippen LogP contribution is -2.53. The molecular weight excluding hydrogens is 200 g/mol. The van der Waals surface area contributed by atoms with Gasteiger partial charge in [0, 0.05) is 31.7 Å². The molecular formula is C9H23ClN4. The minimum absolute atomic E-state index is 0. The van der Waals surface area contributed by atoms with Crippen LogP contribution in [-0.2, 0) is 0 Å². The van der Waals surface area contributed by atoms with Crippen LogP contribution in [0.5, 0.6) is 0 Å². The van der Waals surface area contributed by atoms with E-state index in [1.165, 1.54) is 6.42 Å². The van der Waals surface area contributed by atoms with E-state index >= 15 is 0 Å². The summed E-state index contributed by atoms with van der Waals surface area (Å²) in [4.78, 5) is 0. The molecule has 1 heterocycles. The Kier molecular flexibility index (Phi) is 7.49. The van der Waals surface area contributed by atoms with Gasteiger partial charge in [0.05, 0.1) is 0 Å². The molecule has 1 fully saturated rings. The summed E-state index contributed by atoms with van der Waals surface area (Å²) in [6.45, 7) is 8.04. The van der Waals surface area contributed by atoms with Gasteiger partial charge in [0.25, 0.3) is 0 Å². The minimum atomic E-state index is -0.121. The molecule has 14 heavy (non-hydrogen) atoms. The Hall–Kier alpha value is 0.130. The molecule has 0 aromatic carbocycles. The molecule has 0 aliphatic carbocycles. The van der Waals surface area contributed by atoms with Crippen molar-refractivity contribution in [2.75, 3.05) is 39.3 Å². The standard InChI is InChI=1S/C9H22N4.ClH/c1-9(10)7-12-4-2-3-11-5-6-13-8-9;/h11-13H,2-8,10H2,1H3;1H. The molecule has 1 unspecified atom stereocenters. The SMILES string of the molecule is CC1(N)CNCCCNCCNC1.Cl. The van der Waals surface area contributed by atoms with Gasteiger partial charge in [0.1, 0.15) is 0 Å². The zero-order valence-electron chi connectivity index (χ0n) is 8.94. The van der Waals surface area contributed by atoms with Crippen molar-refractivity contribution in [1.82, 2.24) is 16.0 Å². The summed E-state index contributed by atoms with van der Waals surface area (Å²) in [6.07, 6.45) is 1.18. The second-order valence-corrected chi connectivity index (χ2v) is 4.11. The number of rotatable bonds is 0. The van der Waals surface area contributed by atoms with Crippen LogP contribution in [0.15, 0.2) is 0 Å². The fraction of sp³-hybridized carbons (Fsp3) is 1.00. The second-order valence-electron chi connectivity index (χ2n) is 4.11. The van der Waals surface area contributed by atoms with Crippen molar-refractivity contribution in [1.29, 1.82) is 0 Å². The van der Waals surface area contributed by atoms with Crippen molar-refractivity contribution in [2.45, 2.75) is 18.9 Å². The quantitative estimate of drug-likeness (QED) is 0.438. The van der Waals surface area contributed by atoms with Gasteiger partial charge in [-0.15, -0.1) is 12.4 Å². The van der Waals surface area contributed by atoms with Crippen LogP contribution in [0.4, 0.5) is 0 Å². The van der Waals surface area contributed by atoms with E-state index in [4.69, 9.17) is 5.73 Å². The third-order valence-electron chi connectivity index (χ3n) is 2.24. The zero-order chi connectivity index (χ0) is 9.57. The zero-order valence-corrected chi connectivity index (χ0v) is 9.75. The lowest BCUT2D eigenvalue weighted by atomic mass is 10.0. The van der Waals surface area contributed by atoms with E-state index in [0.717, 1.165) is 39.3 Å². The molecule has 5 heteroatoms. The molecule has 0 spiro atoms. The number of nitrogens with two attached hydrogens (primary N) is 1. The molecule has 4 nitrogen and oxygen atoms in total. The van der Waals surface area contributed by atoms with E-state index < -0.39 is 0 Å². The van der Waals surface area contributed by atoms with Gasteiger partial charge >= 0.3 is 0 Å². The van der Waals surface area contributed by atoms with Gasteiger partial charge in [-0.2, -0.15) is 0 Å². The maximum Gasteiger partial charge on any atom is 0.0378 e. The van der Waals surface area contributed by atoms with Gasteiger partial charge in [-0.05, 0) is 26.4 Å². The molecule has 5 N–H and O–H groups in total. The van der Waals surface area contributed by atoms with E-state index in [1.807, 2.05) is 0 Å². The largest absolute Gasteiger partial charge is 0.323 e. The Morgan fingerprint density at radius 2 is 1.43 bits per heavy atom. The van der Waals surface area contributed by atoms with Gasteiger partial charge in [0.2, 0.25) is 0 Å². The molecule has 0 radical (unpaired) electrons. The van der Waals surface area contributed by atoms with Crippen LogP contribution < -0.4 is 21.7 Å². The Morgan fingerprint density at radius 1 is 0.929 bits per heavy atom. The highest BCUT2D eigenvalue weighted by Gasteiger charge is 2.16. The molecule has 86 valence electrons. The van der Waals surface area contributed by atoms with Crippen LogP contribution in [0.1, 0.15) is 13.3 Å². The molecule has 1 saturated heterocycles. The van der Waals surface area contributed by atoms with Gasteiger partial charge in [-0.1, -0.05) is 0 Å². The second kappa shape index (κ2) is 7.43. The van der Waals surface area contributed by atoms with Crippen LogP contribution in [0.2, 0.25) is 0 Å². The monoisotopic (exact) mass is 222 g/mol. The maximum atomic E-state index is 6.07. The summed E-state index contributed by atoms with van der Waals surface area (Å²) in [5.74, 6) is 0. The molecule has 0 aromatic rings. The molecule has 1 atom stereocenters. The van der Waals surface area contributed by atoms with Crippen LogP contribution in [0, 0.1) is 0 Å². The van der Waals surface area contributed by atoms with Crippen molar-refractivity contribution in [2.24, 2.45) is 5.73 Å². The van der Waals surface area contributed by atoms with Crippen LogP contribution in [0.25, 0.3) is 0 Å². The Bertz CT molecular complexity index is 127. The molecule has 0 bridgehead atoms. The fourth-order valence-corrected chi connectivity index (χ4v) is 1.45. The highest BCUT2D eigenvalue weighted by molar-refractivity contribution is 5.85. The third-order valence-corrected chi connectivity index (χ3v) is 2.24. The summed E-state index contributed by atoms with van der Waals surface area (Å²) >= 11 is 0. The normalized spacial score (nSPS) is 31.3. The summed E-state index contributed by atoms with van der Waals surface area (Å²) in [6, 6.07) is 0. The summed E-state index contributed by atoms with van der Waals surface area (Å²) in [5.41, 5.74) is 5.95. The molecule has 0 aromatic heterocycles. The predicted octanol–water partition coefficient (Wildman–Crippen LogP) is -0.702. The third kappa shape index (κ3) is 6.56. The van der Waals surface area contributed by atoms with E-state index in [0.29, 0.717) is 0 Å². The minimum Gasteiger partial charge on any atom is -0.323 e. The Balaban J connectivity index is 0.00000169. The Labute approximate surface area is 92.8 Å². The maximum absolute atomic E-state index is 6.07. The van der Waals surface area contributed by atoms with Gasteiger partial charge < -0.3 is 21.7 Å². The van der Waals surface area contributed by atoms with Gasteiger partial charge in [0.15, 0.2) is 0 Å². The van der Waals surface area contributed by atoms with Crippen molar-refractivity contribution >= 4 is 12.4 Å². The van der Waals surface area contributed by atoms with Crippen molar-refractivity contribution in [3.05, 3.63) is 0 Å². The highest BCUT2D eigenvalue weighted by Crippen LogP contribution is 1.94. The summed E-state index contributed by atoms with van der Waals surface area (Å²) in [7, 11) is 0. The first kappa shape index (κ1) is 14.1. The van der Waals surface area contributed by atoms with Gasteiger partial charge in [-0.25, -0.2) is 0 Å². The highest BCUT2D eigenvalue weighted by atomic mass is 35.5. The van der Waals surface area contributed by atoms with Crippen LogP contribution in [-0.4, -0.2) is 44.8 Å². The van der Waals surface area contributed by atoms with Crippen LogP contribution >= 0.6 is 12.4 Å². The number of nitrogens with one attached hydrogen (secondary N) is 3. The van der Waals surface area contributed by atoms with Crippen LogP contribution in [0.3, 0.4) is 0 Å². The average molecular weight is 223 g/mol. The lowest BCUT2D eigenvalue weighted by molar-refractivity contribution is 0.407. The van der Waals surface area contributed by atoms with Crippen molar-refractivity contribution in [3.8, 4) is 0 Å². The summed E-state index contributed by atoms with van der Waals surface area (Å²) < 4.78 is 0. The topological polar surface area (TPSA) is 62.1 Å². The lowest BCUT2D eigenvalue weighted by Gasteiger charge is -2.25.